The number of hydrogen-bond donors (Lipinski definition) is 2. The van der Waals surface area contributed by atoms with Gasteiger partial charge in [0.1, 0.15) is 6.04 Å². The summed E-state index contributed by atoms with van der Waals surface area (Å²) < 4.78 is 0. The molecule has 1 saturated heterocycles. The Morgan fingerprint density at radius 3 is 2.74 bits per heavy atom. The second kappa shape index (κ2) is 7.21. The zero-order valence-corrected chi connectivity index (χ0v) is 13.8. The number of halogens is 1. The van der Waals surface area contributed by atoms with Crippen LogP contribution >= 0.6 is 11.6 Å². The molecular formula is C17H22ClN3O2. The van der Waals surface area contributed by atoms with Crippen LogP contribution in [0.4, 0.5) is 4.79 Å². The lowest BCUT2D eigenvalue weighted by atomic mass is 9.94. The maximum absolute atomic E-state index is 12.3. The highest BCUT2D eigenvalue weighted by Crippen LogP contribution is 2.24. The Bertz CT molecular complexity index is 587. The minimum absolute atomic E-state index is 0.116. The highest BCUT2D eigenvalue weighted by atomic mass is 35.5. The molecule has 1 saturated carbocycles. The zero-order valence-electron chi connectivity index (χ0n) is 13.1. The molecular weight excluding hydrogens is 314 g/mol. The number of rotatable bonds is 4. The molecule has 1 unspecified atom stereocenters. The highest BCUT2D eigenvalue weighted by Gasteiger charge is 2.37. The third-order valence-corrected chi connectivity index (χ3v) is 5.05. The first-order valence-corrected chi connectivity index (χ1v) is 8.61. The second-order valence-electron chi connectivity index (χ2n) is 6.26. The molecule has 6 heteroatoms. The SMILES string of the molecule is O=C(NCc1ccccc1Cl)C1CN(C2CCCCC2)C(=O)N1. The third kappa shape index (κ3) is 3.78. The van der Waals surface area contributed by atoms with Crippen molar-refractivity contribution >= 4 is 23.5 Å². The van der Waals surface area contributed by atoms with Gasteiger partial charge in [-0.3, -0.25) is 4.79 Å². The van der Waals surface area contributed by atoms with Gasteiger partial charge in [-0.05, 0) is 24.5 Å². The van der Waals surface area contributed by atoms with Gasteiger partial charge in [-0.2, -0.15) is 0 Å². The highest BCUT2D eigenvalue weighted by molar-refractivity contribution is 6.31. The number of carbonyl (C=O) groups excluding carboxylic acids is 2. The molecule has 3 rings (SSSR count). The lowest BCUT2D eigenvalue weighted by molar-refractivity contribution is -0.122. The molecule has 23 heavy (non-hydrogen) atoms. The van der Waals surface area contributed by atoms with E-state index in [1.807, 2.05) is 23.1 Å². The molecule has 1 aliphatic carbocycles. The van der Waals surface area contributed by atoms with Crippen molar-refractivity contribution in [1.82, 2.24) is 15.5 Å². The van der Waals surface area contributed by atoms with Gasteiger partial charge in [0.2, 0.25) is 5.91 Å². The third-order valence-electron chi connectivity index (χ3n) is 4.68. The van der Waals surface area contributed by atoms with Crippen LogP contribution in [-0.2, 0) is 11.3 Å². The molecule has 0 spiro atoms. The predicted molar refractivity (Wildman–Crippen MR) is 89.2 cm³/mol. The van der Waals surface area contributed by atoms with Crippen molar-refractivity contribution in [2.24, 2.45) is 0 Å². The summed E-state index contributed by atoms with van der Waals surface area (Å²) in [5, 5.41) is 6.29. The zero-order chi connectivity index (χ0) is 16.2. The summed E-state index contributed by atoms with van der Waals surface area (Å²) in [7, 11) is 0. The largest absolute Gasteiger partial charge is 0.350 e. The van der Waals surface area contributed by atoms with E-state index in [0.29, 0.717) is 18.1 Å². The summed E-state index contributed by atoms with van der Waals surface area (Å²) in [6, 6.07) is 7.10. The number of amides is 3. The summed E-state index contributed by atoms with van der Waals surface area (Å²) in [6.45, 7) is 0.826. The molecule has 2 N–H and O–H groups in total. The Kier molecular flexibility index (Phi) is 5.06. The first-order chi connectivity index (χ1) is 11.1. The Labute approximate surface area is 141 Å². The van der Waals surface area contributed by atoms with Crippen molar-refractivity contribution in [3.8, 4) is 0 Å². The Balaban J connectivity index is 1.54. The average Bonchev–Trinajstić information content (AvgIpc) is 2.96. The maximum atomic E-state index is 12.3. The summed E-state index contributed by atoms with van der Waals surface area (Å²) in [5.41, 5.74) is 0.871. The van der Waals surface area contributed by atoms with E-state index in [0.717, 1.165) is 31.2 Å². The standard InChI is InChI=1S/C17H22ClN3O2/c18-14-9-5-4-6-12(14)10-19-16(22)15-11-21(17(23)20-15)13-7-2-1-3-8-13/h4-6,9,13,15H,1-3,7-8,10-11H2,(H,19,22)(H,20,23). The van der Waals surface area contributed by atoms with E-state index in [2.05, 4.69) is 10.6 Å². The molecule has 0 radical (unpaired) electrons. The maximum Gasteiger partial charge on any atom is 0.318 e. The van der Waals surface area contributed by atoms with E-state index in [9.17, 15) is 9.59 Å². The Hall–Kier alpha value is -1.75. The molecule has 2 aliphatic rings. The minimum atomic E-state index is -0.480. The Morgan fingerprint density at radius 1 is 1.26 bits per heavy atom. The number of nitrogens with one attached hydrogen (secondary N) is 2. The van der Waals surface area contributed by atoms with Gasteiger partial charge in [0.25, 0.3) is 0 Å². The van der Waals surface area contributed by atoms with Crippen molar-refractivity contribution in [3.63, 3.8) is 0 Å². The van der Waals surface area contributed by atoms with Crippen molar-refractivity contribution < 1.29 is 9.59 Å². The molecule has 0 bridgehead atoms. The van der Waals surface area contributed by atoms with Gasteiger partial charge in [0, 0.05) is 17.6 Å². The number of urea groups is 1. The van der Waals surface area contributed by atoms with Gasteiger partial charge >= 0.3 is 6.03 Å². The molecule has 2 fully saturated rings. The molecule has 3 amide bonds. The second-order valence-corrected chi connectivity index (χ2v) is 6.66. The van der Waals surface area contributed by atoms with Crippen LogP contribution in [0.25, 0.3) is 0 Å². The van der Waals surface area contributed by atoms with E-state index < -0.39 is 6.04 Å². The van der Waals surface area contributed by atoms with Crippen LogP contribution < -0.4 is 10.6 Å². The van der Waals surface area contributed by atoms with Gasteiger partial charge in [0.15, 0.2) is 0 Å². The molecule has 1 heterocycles. The predicted octanol–water partition coefficient (Wildman–Crippen LogP) is 2.68. The monoisotopic (exact) mass is 335 g/mol. The van der Waals surface area contributed by atoms with E-state index in [-0.39, 0.29) is 18.0 Å². The molecule has 0 aromatic heterocycles. The van der Waals surface area contributed by atoms with Crippen molar-refractivity contribution in [2.45, 2.75) is 50.7 Å². The summed E-state index contributed by atoms with van der Waals surface area (Å²) in [5.74, 6) is -0.156. The number of carbonyl (C=O) groups is 2. The van der Waals surface area contributed by atoms with Crippen LogP contribution in [0.2, 0.25) is 5.02 Å². The lowest BCUT2D eigenvalue weighted by Crippen LogP contribution is -2.42. The van der Waals surface area contributed by atoms with E-state index >= 15 is 0 Å². The van der Waals surface area contributed by atoms with Gasteiger partial charge in [-0.25, -0.2) is 4.79 Å². The van der Waals surface area contributed by atoms with E-state index in [4.69, 9.17) is 11.6 Å². The number of hydrogen-bond acceptors (Lipinski definition) is 2. The molecule has 124 valence electrons. The van der Waals surface area contributed by atoms with Gasteiger partial charge in [-0.1, -0.05) is 49.1 Å². The first kappa shape index (κ1) is 16.1. The van der Waals surface area contributed by atoms with Gasteiger partial charge < -0.3 is 15.5 Å². The van der Waals surface area contributed by atoms with Crippen LogP contribution in [0.5, 0.6) is 0 Å². The molecule has 1 aromatic carbocycles. The normalized spacial score (nSPS) is 22.0. The summed E-state index contributed by atoms with van der Waals surface area (Å²) >= 11 is 6.09. The Morgan fingerprint density at radius 2 is 2.00 bits per heavy atom. The fourth-order valence-electron chi connectivity index (χ4n) is 3.36. The topological polar surface area (TPSA) is 61.4 Å². The van der Waals surface area contributed by atoms with Gasteiger partial charge in [0.05, 0.1) is 6.54 Å². The number of benzene rings is 1. The fraction of sp³-hybridized carbons (Fsp3) is 0.529. The minimum Gasteiger partial charge on any atom is -0.350 e. The van der Waals surface area contributed by atoms with E-state index in [1.165, 1.54) is 6.42 Å². The smallest absolute Gasteiger partial charge is 0.318 e. The molecule has 5 nitrogen and oxygen atoms in total. The van der Waals surface area contributed by atoms with Crippen LogP contribution in [0.15, 0.2) is 24.3 Å². The molecule has 1 atom stereocenters. The molecule has 1 aromatic rings. The summed E-state index contributed by atoms with van der Waals surface area (Å²) in [6.07, 6.45) is 5.66. The van der Waals surface area contributed by atoms with Gasteiger partial charge in [-0.15, -0.1) is 0 Å². The average molecular weight is 336 g/mol. The molecule has 1 aliphatic heterocycles. The first-order valence-electron chi connectivity index (χ1n) is 8.23. The lowest BCUT2D eigenvalue weighted by Gasteiger charge is -2.30. The van der Waals surface area contributed by atoms with Crippen LogP contribution in [-0.4, -0.2) is 35.5 Å². The quantitative estimate of drug-likeness (QED) is 0.888. The van der Waals surface area contributed by atoms with Crippen LogP contribution in [0, 0.1) is 0 Å². The van der Waals surface area contributed by atoms with Crippen LogP contribution in [0.1, 0.15) is 37.7 Å². The van der Waals surface area contributed by atoms with Crippen LogP contribution in [0.3, 0.4) is 0 Å². The summed E-state index contributed by atoms with van der Waals surface area (Å²) in [4.78, 5) is 26.3. The fourth-order valence-corrected chi connectivity index (χ4v) is 3.56. The van der Waals surface area contributed by atoms with Crippen molar-refractivity contribution in [2.75, 3.05) is 6.54 Å². The van der Waals surface area contributed by atoms with Crippen molar-refractivity contribution in [3.05, 3.63) is 34.9 Å². The van der Waals surface area contributed by atoms with E-state index in [1.54, 1.807) is 6.07 Å². The van der Waals surface area contributed by atoms with Crippen molar-refractivity contribution in [1.29, 1.82) is 0 Å². The number of nitrogens with zero attached hydrogens (tertiary/aromatic N) is 1.